The zero-order valence-corrected chi connectivity index (χ0v) is 23.8. The molecule has 3 aromatic rings. The smallest absolute Gasteiger partial charge is 0.359 e. The molecule has 0 spiro atoms. The summed E-state index contributed by atoms with van der Waals surface area (Å²) in [6.07, 6.45) is 2.43. The minimum Gasteiger partial charge on any atom is -0.461 e. The van der Waals surface area contributed by atoms with Crippen LogP contribution in [-0.2, 0) is 28.4 Å². The lowest BCUT2D eigenvalue weighted by molar-refractivity contribution is -0.0712. The fourth-order valence-electron chi connectivity index (χ4n) is 5.85. The van der Waals surface area contributed by atoms with Gasteiger partial charge in [0.15, 0.2) is 17.2 Å². The van der Waals surface area contributed by atoms with E-state index in [0.29, 0.717) is 42.0 Å². The molecule has 0 bridgehead atoms. The van der Waals surface area contributed by atoms with E-state index in [9.17, 15) is 13.6 Å². The topological polar surface area (TPSA) is 75.0 Å². The number of nitrogens with zero attached hydrogens (tertiary/aromatic N) is 3. The van der Waals surface area contributed by atoms with Crippen LogP contribution in [0.4, 0.5) is 8.78 Å². The van der Waals surface area contributed by atoms with Gasteiger partial charge in [-0.15, -0.1) is 0 Å². The maximum atomic E-state index is 14.9. The van der Waals surface area contributed by atoms with Gasteiger partial charge in [0.05, 0.1) is 31.4 Å². The molecule has 0 N–H and O–H groups in total. The van der Waals surface area contributed by atoms with Crippen LogP contribution >= 0.6 is 11.6 Å². The number of aromatic nitrogens is 2. The largest absolute Gasteiger partial charge is 0.461 e. The third-order valence-corrected chi connectivity index (χ3v) is 8.31. The van der Waals surface area contributed by atoms with Crippen molar-refractivity contribution < 1.29 is 32.5 Å². The second-order valence-corrected chi connectivity index (χ2v) is 11.2. The van der Waals surface area contributed by atoms with Gasteiger partial charge in [0.2, 0.25) is 5.95 Å². The van der Waals surface area contributed by atoms with Crippen LogP contribution in [-0.4, -0.2) is 52.8 Å². The Balaban J connectivity index is 1.16. The Hall–Kier alpha value is -3.21. The molecule has 2 fully saturated rings. The molecule has 6 rings (SSSR count). The average molecular weight is 588 g/mol. The van der Waals surface area contributed by atoms with Crippen molar-refractivity contribution in [3.63, 3.8) is 0 Å². The highest BCUT2D eigenvalue weighted by Crippen LogP contribution is 2.49. The molecular formula is C30H32ClF2N3O5. The molecular weight excluding hydrogens is 556 g/mol. The number of imidazole rings is 1. The summed E-state index contributed by atoms with van der Waals surface area (Å²) in [6, 6.07) is 10.2. The molecule has 0 amide bonds. The first-order valence-corrected chi connectivity index (χ1v) is 14.4. The predicted molar refractivity (Wildman–Crippen MR) is 146 cm³/mol. The zero-order chi connectivity index (χ0) is 28.7. The van der Waals surface area contributed by atoms with E-state index in [1.165, 1.54) is 6.07 Å². The Kier molecular flexibility index (Phi) is 7.65. The van der Waals surface area contributed by atoms with Crippen molar-refractivity contribution >= 4 is 17.6 Å². The second-order valence-electron chi connectivity index (χ2n) is 10.8. The molecule has 11 heteroatoms. The van der Waals surface area contributed by atoms with Crippen LogP contribution in [0.15, 0.2) is 36.4 Å². The van der Waals surface area contributed by atoms with Crippen molar-refractivity contribution in [2.24, 2.45) is 0 Å². The Morgan fingerprint density at radius 3 is 2.63 bits per heavy atom. The van der Waals surface area contributed by atoms with Gasteiger partial charge in [-0.25, -0.2) is 14.2 Å². The van der Waals surface area contributed by atoms with E-state index in [4.69, 9.17) is 30.5 Å². The summed E-state index contributed by atoms with van der Waals surface area (Å²) < 4.78 is 54.3. The highest BCUT2D eigenvalue weighted by molar-refractivity contribution is 6.30. The highest BCUT2D eigenvalue weighted by Gasteiger charge is 2.43. The zero-order valence-electron chi connectivity index (χ0n) is 23.0. The summed E-state index contributed by atoms with van der Waals surface area (Å²) in [5.41, 5.74) is 1.14. The van der Waals surface area contributed by atoms with E-state index < -0.39 is 23.5 Å². The van der Waals surface area contributed by atoms with Crippen molar-refractivity contribution in [3.05, 3.63) is 75.8 Å². The molecule has 1 aromatic heterocycles. The number of ether oxygens (including phenoxy) is 4. The minimum absolute atomic E-state index is 0.0734. The number of likely N-dealkylation sites (tertiary alicyclic amines) is 1. The van der Waals surface area contributed by atoms with Crippen LogP contribution in [0, 0.1) is 11.8 Å². The molecule has 0 aliphatic carbocycles. The summed E-state index contributed by atoms with van der Waals surface area (Å²) in [7, 11) is 0. The van der Waals surface area contributed by atoms with E-state index in [0.717, 1.165) is 37.9 Å². The van der Waals surface area contributed by atoms with Crippen molar-refractivity contribution in [2.45, 2.75) is 64.0 Å². The Bertz CT molecular complexity index is 1450. The van der Waals surface area contributed by atoms with Crippen molar-refractivity contribution in [3.8, 4) is 11.5 Å². The number of fused-ring (bicyclic) bond motifs is 1. The number of carbonyl (C=O) groups excluding carboxylic acids is 1. The van der Waals surface area contributed by atoms with Gasteiger partial charge in [-0.05, 0) is 69.5 Å². The first kappa shape index (κ1) is 27.9. The third-order valence-electron chi connectivity index (χ3n) is 8.08. The molecule has 2 atom stereocenters. The number of para-hydroxylation sites is 1. The van der Waals surface area contributed by atoms with Crippen molar-refractivity contribution in [2.75, 3.05) is 26.3 Å². The van der Waals surface area contributed by atoms with Gasteiger partial charge in [0.25, 0.3) is 5.79 Å². The number of benzene rings is 2. The van der Waals surface area contributed by atoms with Gasteiger partial charge in [-0.2, -0.15) is 4.39 Å². The first-order chi connectivity index (χ1) is 19.8. The summed E-state index contributed by atoms with van der Waals surface area (Å²) in [5, 5.41) is 0.302. The van der Waals surface area contributed by atoms with Gasteiger partial charge < -0.3 is 23.5 Å². The van der Waals surface area contributed by atoms with Gasteiger partial charge in [-0.3, -0.25) is 4.90 Å². The standard InChI is InChI=1S/C30H32ClF2N3O5/c1-3-38-29(37)26-28(33)34-25(36(26)16-20-11-14-39-20)17-35-12-9-18(10-13-35)21-5-4-6-24-27(21)41-30(2,40-24)22-8-7-19(31)15-23(22)32/h4-8,15,18,20H,3,9-14,16-17H2,1-2H3. The molecule has 2 saturated heterocycles. The number of carbonyl (C=O) groups is 1. The van der Waals surface area contributed by atoms with Gasteiger partial charge in [0, 0.05) is 24.1 Å². The second kappa shape index (κ2) is 11.2. The summed E-state index contributed by atoms with van der Waals surface area (Å²) >= 11 is 5.95. The maximum Gasteiger partial charge on any atom is 0.359 e. The predicted octanol–water partition coefficient (Wildman–Crippen LogP) is 5.80. The molecule has 2 aromatic carbocycles. The van der Waals surface area contributed by atoms with Crippen LogP contribution < -0.4 is 9.47 Å². The molecule has 2 unspecified atom stereocenters. The lowest BCUT2D eigenvalue weighted by Gasteiger charge is -2.33. The molecule has 0 radical (unpaired) electrons. The highest BCUT2D eigenvalue weighted by atomic mass is 35.5. The first-order valence-electron chi connectivity index (χ1n) is 14.0. The lowest BCUT2D eigenvalue weighted by Crippen LogP contribution is -2.36. The van der Waals surface area contributed by atoms with E-state index in [1.807, 2.05) is 18.2 Å². The Morgan fingerprint density at radius 1 is 1.17 bits per heavy atom. The molecule has 41 heavy (non-hydrogen) atoms. The van der Waals surface area contributed by atoms with E-state index in [1.54, 1.807) is 30.5 Å². The van der Waals surface area contributed by atoms with E-state index >= 15 is 0 Å². The molecule has 3 aliphatic rings. The van der Waals surface area contributed by atoms with Crippen molar-refractivity contribution in [1.82, 2.24) is 14.5 Å². The number of hydrogen-bond acceptors (Lipinski definition) is 7. The molecule has 8 nitrogen and oxygen atoms in total. The van der Waals surface area contributed by atoms with Crippen LogP contribution in [0.25, 0.3) is 0 Å². The fourth-order valence-corrected chi connectivity index (χ4v) is 6.01. The normalized spacial score (nSPS) is 22.5. The maximum absolute atomic E-state index is 14.9. The molecule has 218 valence electrons. The number of esters is 1. The van der Waals surface area contributed by atoms with Crippen molar-refractivity contribution in [1.29, 1.82) is 0 Å². The number of piperidine rings is 1. The molecule has 0 saturated carbocycles. The number of hydrogen-bond donors (Lipinski definition) is 0. The monoisotopic (exact) mass is 587 g/mol. The number of rotatable bonds is 8. The van der Waals surface area contributed by atoms with Crippen LogP contribution in [0.2, 0.25) is 5.02 Å². The van der Waals surface area contributed by atoms with Gasteiger partial charge in [0.1, 0.15) is 11.6 Å². The van der Waals surface area contributed by atoms with Crippen LogP contribution in [0.1, 0.15) is 66.5 Å². The summed E-state index contributed by atoms with van der Waals surface area (Å²) in [4.78, 5) is 18.8. The van der Waals surface area contributed by atoms with Gasteiger partial charge >= 0.3 is 5.97 Å². The average Bonchev–Trinajstić information content (AvgIpc) is 3.42. The SMILES string of the molecule is CCOC(=O)c1c(F)nc(CN2CCC(c3cccc4c3OC(C)(c3ccc(Cl)cc3F)O4)CC2)n1CC1CCO1. The van der Waals surface area contributed by atoms with E-state index in [2.05, 4.69) is 9.88 Å². The summed E-state index contributed by atoms with van der Waals surface area (Å²) in [5.74, 6) is -1.46. The fraction of sp³-hybridized carbons (Fsp3) is 0.467. The van der Waals surface area contributed by atoms with E-state index in [-0.39, 0.29) is 29.9 Å². The summed E-state index contributed by atoms with van der Waals surface area (Å²) in [6.45, 7) is 6.43. The Morgan fingerprint density at radius 2 is 1.95 bits per heavy atom. The quantitative estimate of drug-likeness (QED) is 0.308. The molecule has 3 aliphatic heterocycles. The minimum atomic E-state index is -1.31. The van der Waals surface area contributed by atoms with Crippen LogP contribution in [0.3, 0.4) is 0 Å². The Labute approximate surface area is 242 Å². The van der Waals surface area contributed by atoms with Crippen LogP contribution in [0.5, 0.6) is 11.5 Å². The third kappa shape index (κ3) is 5.40. The van der Waals surface area contributed by atoms with Gasteiger partial charge in [-0.1, -0.05) is 23.7 Å². The number of halogens is 3. The lowest BCUT2D eigenvalue weighted by atomic mass is 9.88. The molecule has 4 heterocycles.